The molecule has 0 radical (unpaired) electrons. The van der Waals surface area contributed by atoms with Crippen LogP contribution in [-0.2, 0) is 9.59 Å². The van der Waals surface area contributed by atoms with E-state index in [4.69, 9.17) is 4.74 Å². The lowest BCUT2D eigenvalue weighted by Gasteiger charge is -2.27. The van der Waals surface area contributed by atoms with Crippen molar-refractivity contribution >= 4 is 56.0 Å². The van der Waals surface area contributed by atoms with Crippen molar-refractivity contribution in [3.63, 3.8) is 0 Å². The minimum atomic E-state index is -0.954. The molecule has 218 valence electrons. The van der Waals surface area contributed by atoms with Crippen LogP contribution in [0.25, 0.3) is 21.1 Å². The van der Waals surface area contributed by atoms with E-state index in [1.54, 1.807) is 13.2 Å². The van der Waals surface area contributed by atoms with E-state index in [0.29, 0.717) is 29.9 Å². The zero-order valence-corrected chi connectivity index (χ0v) is 24.1. The summed E-state index contributed by atoms with van der Waals surface area (Å²) in [6.07, 6.45) is 4.26. The highest BCUT2D eigenvalue weighted by Gasteiger charge is 2.37. The lowest BCUT2D eigenvalue weighted by atomic mass is 9.93. The minimum Gasteiger partial charge on any atom is -0.496 e. The molecule has 2 fully saturated rings. The monoisotopic (exact) mass is 587 g/mol. The van der Waals surface area contributed by atoms with Crippen LogP contribution in [-0.4, -0.2) is 59.2 Å². The van der Waals surface area contributed by atoms with E-state index < -0.39 is 29.8 Å². The molecule has 2 aromatic heterocycles. The van der Waals surface area contributed by atoms with E-state index in [2.05, 4.69) is 25.9 Å². The lowest BCUT2D eigenvalue weighted by molar-refractivity contribution is -0.126. The Bertz CT molecular complexity index is 1620. The number of thiazole rings is 1. The first-order valence-electron chi connectivity index (χ1n) is 14.4. The Hall–Kier alpha value is -4.25. The molecule has 42 heavy (non-hydrogen) atoms. The van der Waals surface area contributed by atoms with Gasteiger partial charge in [0.25, 0.3) is 5.91 Å². The number of carbonyl (C=O) groups excluding carboxylic acids is 4. The number of hydrogen-bond acceptors (Lipinski definition) is 7. The van der Waals surface area contributed by atoms with Gasteiger partial charge in [-0.2, -0.15) is 0 Å². The minimum absolute atomic E-state index is 0.0687. The number of aromatic amines is 1. The molecule has 1 aliphatic carbocycles. The number of benzene rings is 2. The number of ether oxygens (including phenoxy) is 1. The first-order chi connectivity index (χ1) is 20.4. The highest BCUT2D eigenvalue weighted by atomic mass is 32.1. The molecule has 0 spiro atoms. The summed E-state index contributed by atoms with van der Waals surface area (Å²) in [5, 5.41) is 9.76. The largest absolute Gasteiger partial charge is 0.496 e. The maximum Gasteiger partial charge on any atom is 0.268 e. The molecule has 2 aromatic carbocycles. The summed E-state index contributed by atoms with van der Waals surface area (Å²) in [6, 6.07) is 12.9. The van der Waals surface area contributed by atoms with Gasteiger partial charge in [-0.05, 0) is 61.9 Å². The normalized spacial score (nSPS) is 18.6. The van der Waals surface area contributed by atoms with Crippen molar-refractivity contribution in [1.82, 2.24) is 25.9 Å². The van der Waals surface area contributed by atoms with E-state index in [9.17, 15) is 19.2 Å². The number of nitrogens with one attached hydrogen (secondary N) is 4. The van der Waals surface area contributed by atoms with Gasteiger partial charge in [-0.1, -0.05) is 31.0 Å². The number of fused-ring (bicyclic) bond motifs is 2. The first kappa shape index (κ1) is 27.9. The van der Waals surface area contributed by atoms with Gasteiger partial charge in [-0.25, -0.2) is 4.98 Å². The first-order valence-corrected chi connectivity index (χ1v) is 15.2. The number of methoxy groups -OCH3 is 1. The third-order valence-corrected chi connectivity index (χ3v) is 9.40. The van der Waals surface area contributed by atoms with Crippen LogP contribution in [0.2, 0.25) is 0 Å². The fraction of sp³-hybridized carbons (Fsp3) is 0.387. The Kier molecular flexibility index (Phi) is 7.92. The number of rotatable bonds is 10. The summed E-state index contributed by atoms with van der Waals surface area (Å²) < 4.78 is 6.30. The second-order valence-corrected chi connectivity index (χ2v) is 12.1. The highest BCUT2D eigenvalue weighted by Crippen LogP contribution is 2.30. The summed E-state index contributed by atoms with van der Waals surface area (Å²) in [5.74, 6) is -1.12. The van der Waals surface area contributed by atoms with Gasteiger partial charge in [0.1, 0.15) is 17.5 Å². The topological polar surface area (TPSA) is 142 Å². The Morgan fingerprint density at radius 3 is 2.62 bits per heavy atom. The molecule has 2 unspecified atom stereocenters. The van der Waals surface area contributed by atoms with Gasteiger partial charge in [0.15, 0.2) is 5.01 Å². The Morgan fingerprint density at radius 2 is 1.88 bits per heavy atom. The fourth-order valence-electron chi connectivity index (χ4n) is 6.11. The molecule has 2 aliphatic rings. The van der Waals surface area contributed by atoms with Gasteiger partial charge < -0.3 is 25.7 Å². The number of nitrogens with zero attached hydrogens (tertiary/aromatic N) is 1. The third kappa shape index (κ3) is 5.61. The van der Waals surface area contributed by atoms with Gasteiger partial charge in [0.2, 0.25) is 17.6 Å². The van der Waals surface area contributed by atoms with Gasteiger partial charge in [-0.15, -0.1) is 11.3 Å². The molecule has 3 heterocycles. The Morgan fingerprint density at radius 1 is 1.07 bits per heavy atom. The summed E-state index contributed by atoms with van der Waals surface area (Å²) in [6.45, 7) is 0.537. The molecule has 1 saturated carbocycles. The standard InChI is InChI=1S/C31H33N5O5S/c1-41-24-11-6-10-20-19(24)16-23(33-20)29(39)36-26(17-7-2-3-8-17)30(40)34-22(15-18-13-14-32-28(18)38)27(37)31-35-21-9-4-5-12-25(21)42-31/h4-6,9-12,16-18,22,26,33H,2-3,7-8,13-15H2,1H3,(H,32,38)(H,34,40)(H,36,39)/t18?,22?,26-/m0/s1. The lowest BCUT2D eigenvalue weighted by Crippen LogP contribution is -2.54. The molecule has 4 aromatic rings. The molecule has 3 amide bonds. The smallest absolute Gasteiger partial charge is 0.268 e. The van der Waals surface area contributed by atoms with Crippen LogP contribution in [0.15, 0.2) is 48.5 Å². The number of aromatic nitrogens is 2. The van der Waals surface area contributed by atoms with Crippen LogP contribution >= 0.6 is 11.3 Å². The highest BCUT2D eigenvalue weighted by molar-refractivity contribution is 7.20. The van der Waals surface area contributed by atoms with Gasteiger partial charge >= 0.3 is 0 Å². The number of para-hydroxylation sites is 1. The van der Waals surface area contributed by atoms with E-state index in [1.807, 2.05) is 42.5 Å². The second kappa shape index (κ2) is 11.9. The van der Waals surface area contributed by atoms with Gasteiger partial charge in [0.05, 0.1) is 23.4 Å². The SMILES string of the molecule is COc1cccc2[nH]c(C(=O)N[C@H](C(=O)NC(CC3CCNC3=O)C(=O)c3nc4ccccc4s3)C3CCCC3)cc12. The van der Waals surface area contributed by atoms with E-state index in [-0.39, 0.29) is 29.0 Å². The summed E-state index contributed by atoms with van der Waals surface area (Å²) >= 11 is 1.27. The molecule has 0 bridgehead atoms. The molecular formula is C31H33N5O5S. The molecule has 11 heteroatoms. The zero-order chi connectivity index (χ0) is 29.2. The number of amides is 3. The number of ketones is 1. The zero-order valence-electron chi connectivity index (χ0n) is 23.3. The summed E-state index contributed by atoms with van der Waals surface area (Å²) in [5.41, 5.74) is 1.77. The quantitative estimate of drug-likeness (QED) is 0.207. The maximum absolute atomic E-state index is 13.9. The Balaban J connectivity index is 1.25. The fourth-order valence-corrected chi connectivity index (χ4v) is 7.07. The number of carbonyl (C=O) groups is 4. The third-order valence-electron chi connectivity index (χ3n) is 8.35. The maximum atomic E-state index is 13.9. The predicted octanol–water partition coefficient (Wildman–Crippen LogP) is 3.97. The molecular weight excluding hydrogens is 554 g/mol. The van der Waals surface area contributed by atoms with Crippen molar-refractivity contribution in [3.05, 3.63) is 59.2 Å². The number of H-pyrrole nitrogens is 1. The van der Waals surface area contributed by atoms with Crippen molar-refractivity contribution in [2.45, 2.75) is 50.6 Å². The van der Waals surface area contributed by atoms with E-state index in [1.165, 1.54) is 11.3 Å². The van der Waals surface area contributed by atoms with Crippen LogP contribution in [0.5, 0.6) is 5.75 Å². The van der Waals surface area contributed by atoms with Crippen LogP contribution in [0.3, 0.4) is 0 Å². The molecule has 1 saturated heterocycles. The van der Waals surface area contributed by atoms with Crippen LogP contribution in [0.4, 0.5) is 0 Å². The molecule has 10 nitrogen and oxygen atoms in total. The predicted molar refractivity (Wildman–Crippen MR) is 160 cm³/mol. The second-order valence-electron chi connectivity index (χ2n) is 11.0. The number of hydrogen-bond donors (Lipinski definition) is 4. The van der Waals surface area contributed by atoms with Crippen molar-refractivity contribution in [2.24, 2.45) is 11.8 Å². The van der Waals surface area contributed by atoms with Crippen LogP contribution in [0.1, 0.15) is 58.8 Å². The molecule has 4 N–H and O–H groups in total. The van der Waals surface area contributed by atoms with Crippen molar-refractivity contribution in [1.29, 1.82) is 0 Å². The molecule has 1 aliphatic heterocycles. The van der Waals surface area contributed by atoms with Crippen LogP contribution < -0.4 is 20.7 Å². The molecule has 6 rings (SSSR count). The van der Waals surface area contributed by atoms with E-state index in [0.717, 1.165) is 41.3 Å². The molecule has 3 atom stereocenters. The van der Waals surface area contributed by atoms with E-state index >= 15 is 0 Å². The van der Waals surface area contributed by atoms with Gasteiger partial charge in [0, 0.05) is 23.4 Å². The van der Waals surface area contributed by atoms with Gasteiger partial charge in [-0.3, -0.25) is 19.2 Å². The van der Waals surface area contributed by atoms with Crippen LogP contribution in [0, 0.1) is 11.8 Å². The Labute approximate surface area is 246 Å². The number of Topliss-reactive ketones (excluding diaryl/α,β-unsaturated/α-hetero) is 1. The van der Waals surface area contributed by atoms with Crippen molar-refractivity contribution < 1.29 is 23.9 Å². The summed E-state index contributed by atoms with van der Waals surface area (Å²) in [7, 11) is 1.57. The van der Waals surface area contributed by atoms with Crippen molar-refractivity contribution in [2.75, 3.05) is 13.7 Å². The average molecular weight is 588 g/mol. The average Bonchev–Trinajstić information content (AvgIpc) is 3.81. The summed E-state index contributed by atoms with van der Waals surface area (Å²) in [4.78, 5) is 61.2. The van der Waals surface area contributed by atoms with Crippen molar-refractivity contribution in [3.8, 4) is 5.75 Å².